The molecule has 0 aliphatic heterocycles. The molecule has 2 unspecified atom stereocenters. The highest BCUT2D eigenvalue weighted by Crippen LogP contribution is 2.36. The van der Waals surface area contributed by atoms with Crippen molar-refractivity contribution in [1.82, 2.24) is 34.1 Å². The Hall–Kier alpha value is -3.32. The lowest BCUT2D eigenvalue weighted by atomic mass is 9.91. The molecule has 3 heterocycles. The number of nitrogens with zero attached hydrogens (tertiary/aromatic N) is 6. The highest BCUT2D eigenvalue weighted by molar-refractivity contribution is 7.89. The Morgan fingerprint density at radius 2 is 1.82 bits per heavy atom. The number of rotatable bonds is 5. The van der Waals surface area contributed by atoms with Crippen LogP contribution in [0, 0.1) is 0 Å². The molecule has 1 aromatic carbocycles. The first-order chi connectivity index (χ1) is 16.2. The number of hydrogen-bond acceptors (Lipinski definition) is 6. The van der Waals surface area contributed by atoms with Crippen LogP contribution >= 0.6 is 0 Å². The third-order valence-electron chi connectivity index (χ3n) is 6.01. The molecule has 34 heavy (non-hydrogen) atoms. The van der Waals surface area contributed by atoms with Crippen LogP contribution in [0.25, 0.3) is 16.8 Å². The van der Waals surface area contributed by atoms with Gasteiger partial charge < -0.3 is 4.57 Å². The molecule has 5 rings (SSSR count). The Balaban J connectivity index is 1.51. The summed E-state index contributed by atoms with van der Waals surface area (Å²) < 4.78 is 73.6. The third-order valence-corrected chi connectivity index (χ3v) is 7.51. The highest BCUT2D eigenvalue weighted by atomic mass is 32.2. The number of halogens is 3. The summed E-state index contributed by atoms with van der Waals surface area (Å²) in [5.74, 6) is 0. The molecule has 2 atom stereocenters. The molecular weight excluding hydrogens is 471 g/mol. The topological polar surface area (TPSA) is 107 Å². The third kappa shape index (κ3) is 4.40. The van der Waals surface area contributed by atoms with E-state index in [2.05, 4.69) is 25.1 Å². The van der Waals surface area contributed by atoms with Crippen LogP contribution in [-0.2, 0) is 16.2 Å². The Kier molecular flexibility index (Phi) is 5.60. The van der Waals surface area contributed by atoms with Crippen molar-refractivity contribution in [3.63, 3.8) is 0 Å². The van der Waals surface area contributed by atoms with Gasteiger partial charge in [-0.2, -0.15) is 13.2 Å². The van der Waals surface area contributed by atoms with E-state index in [1.54, 1.807) is 35.4 Å². The summed E-state index contributed by atoms with van der Waals surface area (Å²) in [6, 6.07) is 5.62. The summed E-state index contributed by atoms with van der Waals surface area (Å²) in [6.07, 6.45) is 4.17. The number of alkyl halides is 3. The van der Waals surface area contributed by atoms with Crippen molar-refractivity contribution in [2.24, 2.45) is 0 Å². The van der Waals surface area contributed by atoms with Crippen LogP contribution in [-0.4, -0.2) is 43.8 Å². The van der Waals surface area contributed by atoms with E-state index >= 15 is 0 Å². The monoisotopic (exact) mass is 491 g/mol. The lowest BCUT2D eigenvalue weighted by molar-refractivity contribution is -0.137. The van der Waals surface area contributed by atoms with Crippen LogP contribution < -0.4 is 4.72 Å². The molecule has 0 bridgehead atoms. The Morgan fingerprint density at radius 3 is 2.59 bits per heavy atom. The van der Waals surface area contributed by atoms with Crippen molar-refractivity contribution in [2.45, 2.75) is 48.8 Å². The number of pyridine rings is 1. The van der Waals surface area contributed by atoms with Crippen molar-refractivity contribution in [3.05, 3.63) is 61.1 Å². The second-order valence-electron chi connectivity index (χ2n) is 8.28. The molecule has 1 saturated carbocycles. The van der Waals surface area contributed by atoms with Gasteiger partial charge in [0.2, 0.25) is 10.0 Å². The van der Waals surface area contributed by atoms with E-state index in [1.165, 1.54) is 12.4 Å². The van der Waals surface area contributed by atoms with E-state index in [4.69, 9.17) is 0 Å². The zero-order valence-electron chi connectivity index (χ0n) is 17.7. The maximum absolute atomic E-state index is 13.7. The molecule has 4 aromatic rings. The minimum absolute atomic E-state index is 0.0130. The van der Waals surface area contributed by atoms with Crippen LogP contribution in [0.4, 0.5) is 13.2 Å². The fraction of sp³-hybridized carbons (Fsp3) is 0.333. The van der Waals surface area contributed by atoms with Gasteiger partial charge in [0.15, 0.2) is 5.65 Å². The first kappa shape index (κ1) is 22.5. The summed E-state index contributed by atoms with van der Waals surface area (Å²) >= 11 is 0. The molecule has 9 nitrogen and oxygen atoms in total. The van der Waals surface area contributed by atoms with E-state index in [0.29, 0.717) is 30.1 Å². The maximum Gasteiger partial charge on any atom is 0.416 e. The number of nitrogens with one attached hydrogen (secondary N) is 1. The molecule has 0 radical (unpaired) electrons. The van der Waals surface area contributed by atoms with Gasteiger partial charge in [-0.1, -0.05) is 0 Å². The maximum atomic E-state index is 13.7. The van der Waals surface area contributed by atoms with Crippen LogP contribution in [0.5, 0.6) is 0 Å². The Morgan fingerprint density at radius 1 is 1.03 bits per heavy atom. The number of hydrogen-bond donors (Lipinski definition) is 1. The normalized spacial score (nSPS) is 19.5. The van der Waals surface area contributed by atoms with Gasteiger partial charge in [-0.3, -0.25) is 4.40 Å². The minimum Gasteiger partial charge on any atom is -0.317 e. The van der Waals surface area contributed by atoms with Crippen molar-refractivity contribution >= 4 is 15.7 Å². The zero-order chi connectivity index (χ0) is 23.9. The molecular formula is C21H20F3N7O2S. The standard InChI is InChI=1S/C21H20F3N7O2S/c22-21(23,24)15-7-14(19-5-2-6-30-13-27-28-20(19)30)8-18(9-15)34(32,33)29-16-3-1-4-17(10-16)31-11-25-26-12-31/h2,5-9,11-13,16-17,29H,1,3-4,10H2. The zero-order valence-corrected chi connectivity index (χ0v) is 18.5. The molecule has 1 aliphatic carbocycles. The summed E-state index contributed by atoms with van der Waals surface area (Å²) in [4.78, 5) is -0.453. The van der Waals surface area contributed by atoms with E-state index in [1.807, 2.05) is 4.57 Å². The summed E-state index contributed by atoms with van der Waals surface area (Å²) in [5, 5.41) is 15.3. The average Bonchev–Trinajstić information content (AvgIpc) is 3.50. The molecule has 178 valence electrons. The predicted molar refractivity (Wildman–Crippen MR) is 115 cm³/mol. The van der Waals surface area contributed by atoms with E-state index in [-0.39, 0.29) is 11.6 Å². The first-order valence-corrected chi connectivity index (χ1v) is 12.1. The van der Waals surface area contributed by atoms with Gasteiger partial charge in [-0.05, 0) is 61.6 Å². The molecule has 3 aromatic heterocycles. The van der Waals surface area contributed by atoms with Gasteiger partial charge in [-0.15, -0.1) is 20.4 Å². The second kappa shape index (κ2) is 8.47. The lowest BCUT2D eigenvalue weighted by Crippen LogP contribution is -2.38. The fourth-order valence-corrected chi connectivity index (χ4v) is 5.73. The predicted octanol–water partition coefficient (Wildman–Crippen LogP) is 3.47. The van der Waals surface area contributed by atoms with Crippen LogP contribution in [0.15, 0.2) is 60.4 Å². The van der Waals surface area contributed by atoms with Crippen molar-refractivity contribution in [3.8, 4) is 11.1 Å². The first-order valence-electron chi connectivity index (χ1n) is 10.6. The lowest BCUT2D eigenvalue weighted by Gasteiger charge is -2.30. The van der Waals surface area contributed by atoms with Crippen LogP contribution in [0.1, 0.15) is 37.3 Å². The van der Waals surface area contributed by atoms with Gasteiger partial charge in [0.25, 0.3) is 0 Å². The van der Waals surface area contributed by atoms with Gasteiger partial charge >= 0.3 is 6.18 Å². The number of benzene rings is 1. The quantitative estimate of drug-likeness (QED) is 0.458. The number of fused-ring (bicyclic) bond motifs is 1. The Labute approximate surface area is 192 Å². The molecule has 1 N–H and O–H groups in total. The molecule has 13 heteroatoms. The van der Waals surface area contributed by atoms with Crippen LogP contribution in [0.3, 0.4) is 0 Å². The average molecular weight is 491 g/mol. The molecule has 0 spiro atoms. The second-order valence-corrected chi connectivity index (χ2v) is 9.99. The molecule has 0 amide bonds. The molecule has 0 saturated heterocycles. The summed E-state index contributed by atoms with van der Waals surface area (Å²) in [6.45, 7) is 0. The number of sulfonamides is 1. The van der Waals surface area contributed by atoms with Gasteiger partial charge in [0.1, 0.15) is 19.0 Å². The van der Waals surface area contributed by atoms with E-state index in [9.17, 15) is 21.6 Å². The van der Waals surface area contributed by atoms with Gasteiger partial charge in [-0.25, -0.2) is 13.1 Å². The van der Waals surface area contributed by atoms with Crippen molar-refractivity contribution in [1.29, 1.82) is 0 Å². The highest BCUT2D eigenvalue weighted by Gasteiger charge is 2.34. The van der Waals surface area contributed by atoms with E-state index in [0.717, 1.165) is 18.9 Å². The van der Waals surface area contributed by atoms with Crippen LogP contribution in [0.2, 0.25) is 0 Å². The van der Waals surface area contributed by atoms with E-state index < -0.39 is 32.7 Å². The SMILES string of the molecule is O=S(=O)(NC1CCCC(n2cnnc2)C1)c1cc(-c2cccn3cnnc23)cc(C(F)(F)F)c1. The summed E-state index contributed by atoms with van der Waals surface area (Å²) in [5.41, 5.74) is -0.312. The minimum atomic E-state index is -4.73. The Bertz CT molecular complexity index is 1420. The van der Waals surface area contributed by atoms with Gasteiger partial charge in [0, 0.05) is 23.8 Å². The van der Waals surface area contributed by atoms with Crippen molar-refractivity contribution in [2.75, 3.05) is 0 Å². The van der Waals surface area contributed by atoms with Crippen molar-refractivity contribution < 1.29 is 21.6 Å². The summed E-state index contributed by atoms with van der Waals surface area (Å²) in [7, 11) is -4.24. The smallest absolute Gasteiger partial charge is 0.317 e. The fourth-order valence-electron chi connectivity index (χ4n) is 4.38. The number of aromatic nitrogens is 6. The molecule has 1 fully saturated rings. The van der Waals surface area contributed by atoms with Gasteiger partial charge in [0.05, 0.1) is 10.5 Å². The largest absolute Gasteiger partial charge is 0.416 e. The molecule has 1 aliphatic rings.